The Kier molecular flexibility index (Phi) is 3.21. The van der Waals surface area contributed by atoms with E-state index in [1.54, 1.807) is 18.1 Å². The van der Waals surface area contributed by atoms with Gasteiger partial charge in [-0.2, -0.15) is 0 Å². The lowest BCUT2D eigenvalue weighted by atomic mass is 10.2. The van der Waals surface area contributed by atoms with Gasteiger partial charge in [0.2, 0.25) is 0 Å². The molecular weight excluding hydrogens is 250 g/mol. The highest BCUT2D eigenvalue weighted by Gasteiger charge is 2.16. The summed E-state index contributed by atoms with van der Waals surface area (Å²) in [6.45, 7) is 0.583. The van der Waals surface area contributed by atoms with E-state index in [2.05, 4.69) is 4.98 Å². The molecule has 4 nitrogen and oxygen atoms in total. The third kappa shape index (κ3) is 2.28. The zero-order valence-electron chi connectivity index (χ0n) is 11.2. The third-order valence-electron chi connectivity index (χ3n) is 3.25. The molecule has 0 radical (unpaired) electrons. The minimum absolute atomic E-state index is 0.0347. The maximum atomic E-state index is 12.5. The van der Waals surface area contributed by atoms with E-state index in [0.717, 1.165) is 11.2 Å². The van der Waals surface area contributed by atoms with Crippen molar-refractivity contribution in [3.05, 3.63) is 72.2 Å². The van der Waals surface area contributed by atoms with Gasteiger partial charge in [-0.15, -0.1) is 0 Å². The number of aromatic nitrogens is 2. The van der Waals surface area contributed by atoms with E-state index in [-0.39, 0.29) is 5.91 Å². The highest BCUT2D eigenvalue weighted by atomic mass is 16.2. The number of benzene rings is 1. The SMILES string of the molecule is CN(Cc1ccccc1)C(=O)c1cnc2ccccn12. The molecule has 0 spiro atoms. The predicted molar refractivity (Wildman–Crippen MR) is 77.4 cm³/mol. The number of carbonyl (C=O) groups excluding carboxylic acids is 1. The van der Waals surface area contributed by atoms with E-state index >= 15 is 0 Å². The Morgan fingerprint density at radius 3 is 2.70 bits per heavy atom. The van der Waals surface area contributed by atoms with Crippen LogP contribution in [0.25, 0.3) is 5.65 Å². The first-order valence-corrected chi connectivity index (χ1v) is 6.47. The minimum Gasteiger partial charge on any atom is -0.336 e. The molecular formula is C16H15N3O. The number of pyridine rings is 1. The molecule has 3 rings (SSSR count). The highest BCUT2D eigenvalue weighted by molar-refractivity contribution is 5.93. The molecule has 0 aliphatic heterocycles. The van der Waals surface area contributed by atoms with Gasteiger partial charge < -0.3 is 4.90 Å². The molecule has 0 aliphatic rings. The van der Waals surface area contributed by atoms with Gasteiger partial charge in [-0.25, -0.2) is 4.98 Å². The van der Waals surface area contributed by atoms with Gasteiger partial charge in [-0.05, 0) is 17.7 Å². The fourth-order valence-electron chi connectivity index (χ4n) is 2.22. The number of carbonyl (C=O) groups is 1. The zero-order chi connectivity index (χ0) is 13.9. The van der Waals surface area contributed by atoms with Crippen molar-refractivity contribution < 1.29 is 4.79 Å². The smallest absolute Gasteiger partial charge is 0.272 e. The number of hydrogen-bond donors (Lipinski definition) is 0. The van der Waals surface area contributed by atoms with Crippen LogP contribution in [0.2, 0.25) is 0 Å². The molecule has 2 heterocycles. The Hall–Kier alpha value is -2.62. The van der Waals surface area contributed by atoms with Gasteiger partial charge in [0, 0.05) is 19.8 Å². The average Bonchev–Trinajstić information content (AvgIpc) is 2.91. The summed E-state index contributed by atoms with van der Waals surface area (Å²) >= 11 is 0. The quantitative estimate of drug-likeness (QED) is 0.730. The molecule has 0 saturated heterocycles. The molecule has 100 valence electrons. The second-order valence-electron chi connectivity index (χ2n) is 4.72. The van der Waals surface area contributed by atoms with Gasteiger partial charge in [0.25, 0.3) is 5.91 Å². The van der Waals surface area contributed by atoms with Gasteiger partial charge in [-0.1, -0.05) is 36.4 Å². The van der Waals surface area contributed by atoms with E-state index in [9.17, 15) is 4.79 Å². The van der Waals surface area contributed by atoms with Crippen molar-refractivity contribution in [3.8, 4) is 0 Å². The van der Waals surface area contributed by atoms with E-state index in [1.807, 2.05) is 59.1 Å². The van der Waals surface area contributed by atoms with E-state index in [0.29, 0.717) is 12.2 Å². The van der Waals surface area contributed by atoms with Crippen molar-refractivity contribution >= 4 is 11.6 Å². The van der Waals surface area contributed by atoms with Crippen molar-refractivity contribution in [1.82, 2.24) is 14.3 Å². The summed E-state index contributed by atoms with van der Waals surface area (Å²) in [6, 6.07) is 15.6. The lowest BCUT2D eigenvalue weighted by molar-refractivity contribution is 0.0778. The molecule has 0 unspecified atom stereocenters. The number of imidazole rings is 1. The molecule has 2 aromatic heterocycles. The fraction of sp³-hybridized carbons (Fsp3) is 0.125. The van der Waals surface area contributed by atoms with Crippen molar-refractivity contribution in [3.63, 3.8) is 0 Å². The molecule has 0 aliphatic carbocycles. The maximum Gasteiger partial charge on any atom is 0.272 e. The number of rotatable bonds is 3. The van der Waals surface area contributed by atoms with Crippen LogP contribution in [0.3, 0.4) is 0 Å². The van der Waals surface area contributed by atoms with Crippen LogP contribution in [-0.4, -0.2) is 27.2 Å². The zero-order valence-corrected chi connectivity index (χ0v) is 11.2. The van der Waals surface area contributed by atoms with Crippen LogP contribution in [0.1, 0.15) is 16.1 Å². The Morgan fingerprint density at radius 1 is 1.15 bits per heavy atom. The molecule has 0 bridgehead atoms. The number of hydrogen-bond acceptors (Lipinski definition) is 2. The second-order valence-corrected chi connectivity index (χ2v) is 4.72. The first-order chi connectivity index (χ1) is 9.75. The molecule has 20 heavy (non-hydrogen) atoms. The number of amides is 1. The first kappa shape index (κ1) is 12.4. The summed E-state index contributed by atoms with van der Waals surface area (Å²) in [5.74, 6) is -0.0347. The van der Waals surface area contributed by atoms with Crippen molar-refractivity contribution in [2.24, 2.45) is 0 Å². The fourth-order valence-corrected chi connectivity index (χ4v) is 2.22. The predicted octanol–water partition coefficient (Wildman–Crippen LogP) is 2.61. The average molecular weight is 265 g/mol. The molecule has 1 amide bonds. The maximum absolute atomic E-state index is 12.5. The van der Waals surface area contributed by atoms with Gasteiger partial charge >= 0.3 is 0 Å². The van der Waals surface area contributed by atoms with Crippen molar-refractivity contribution in [2.45, 2.75) is 6.54 Å². The molecule has 0 N–H and O–H groups in total. The monoisotopic (exact) mass is 265 g/mol. The normalized spacial score (nSPS) is 10.7. The molecule has 4 heteroatoms. The van der Waals surface area contributed by atoms with Crippen LogP contribution >= 0.6 is 0 Å². The molecule has 0 fully saturated rings. The largest absolute Gasteiger partial charge is 0.336 e. The lowest BCUT2D eigenvalue weighted by Gasteiger charge is -2.16. The van der Waals surface area contributed by atoms with Gasteiger partial charge in [0.1, 0.15) is 11.3 Å². The van der Waals surface area contributed by atoms with Crippen LogP contribution in [-0.2, 0) is 6.54 Å². The number of nitrogens with zero attached hydrogens (tertiary/aromatic N) is 3. The number of fused-ring (bicyclic) bond motifs is 1. The van der Waals surface area contributed by atoms with Crippen LogP contribution in [0.4, 0.5) is 0 Å². The minimum atomic E-state index is -0.0347. The standard InChI is InChI=1S/C16H15N3O/c1-18(12-13-7-3-2-4-8-13)16(20)14-11-17-15-9-5-6-10-19(14)15/h2-11H,12H2,1H3. The Balaban J connectivity index is 1.85. The van der Waals surface area contributed by atoms with E-state index in [4.69, 9.17) is 0 Å². The van der Waals surface area contributed by atoms with Crippen LogP contribution < -0.4 is 0 Å². The Labute approximate surface area is 117 Å². The summed E-state index contributed by atoms with van der Waals surface area (Å²) < 4.78 is 1.81. The van der Waals surface area contributed by atoms with Crippen LogP contribution in [0.15, 0.2) is 60.9 Å². The topological polar surface area (TPSA) is 37.6 Å². The second kappa shape index (κ2) is 5.17. The summed E-state index contributed by atoms with van der Waals surface area (Å²) in [7, 11) is 1.80. The van der Waals surface area contributed by atoms with Gasteiger partial charge in [0.05, 0.1) is 6.20 Å². The Bertz CT molecular complexity index is 734. The highest BCUT2D eigenvalue weighted by Crippen LogP contribution is 2.10. The lowest BCUT2D eigenvalue weighted by Crippen LogP contribution is -2.27. The third-order valence-corrected chi connectivity index (χ3v) is 3.25. The molecule has 1 aromatic carbocycles. The first-order valence-electron chi connectivity index (χ1n) is 6.47. The van der Waals surface area contributed by atoms with Gasteiger partial charge in [-0.3, -0.25) is 9.20 Å². The molecule has 0 saturated carbocycles. The van der Waals surface area contributed by atoms with E-state index in [1.165, 1.54) is 0 Å². The van der Waals surface area contributed by atoms with Crippen LogP contribution in [0, 0.1) is 0 Å². The summed E-state index contributed by atoms with van der Waals surface area (Å²) in [6.07, 6.45) is 3.48. The van der Waals surface area contributed by atoms with E-state index < -0.39 is 0 Å². The van der Waals surface area contributed by atoms with Gasteiger partial charge in [0.15, 0.2) is 0 Å². The summed E-state index contributed by atoms with van der Waals surface area (Å²) in [5, 5.41) is 0. The Morgan fingerprint density at radius 2 is 1.90 bits per heavy atom. The molecule has 0 atom stereocenters. The van der Waals surface area contributed by atoms with Crippen molar-refractivity contribution in [2.75, 3.05) is 7.05 Å². The van der Waals surface area contributed by atoms with Crippen LogP contribution in [0.5, 0.6) is 0 Å². The molecule has 3 aromatic rings. The summed E-state index contributed by atoms with van der Waals surface area (Å²) in [5.41, 5.74) is 2.47. The summed E-state index contributed by atoms with van der Waals surface area (Å²) in [4.78, 5) is 18.4. The van der Waals surface area contributed by atoms with Crippen molar-refractivity contribution in [1.29, 1.82) is 0 Å².